The van der Waals surface area contributed by atoms with E-state index in [0.29, 0.717) is 74.9 Å². The Bertz CT molecular complexity index is 984. The van der Waals surface area contributed by atoms with E-state index >= 15 is 0 Å². The Hall–Kier alpha value is -3.45. The molecule has 2 amide bonds. The number of hydrogen-bond acceptors (Lipinski definition) is 8. The van der Waals surface area contributed by atoms with E-state index < -0.39 is 11.8 Å². The van der Waals surface area contributed by atoms with E-state index in [1.54, 1.807) is 25.0 Å². The van der Waals surface area contributed by atoms with Gasteiger partial charge in [-0.05, 0) is 25.5 Å². The van der Waals surface area contributed by atoms with Gasteiger partial charge in [0.2, 0.25) is 5.91 Å². The number of carbonyl (C=O) groups is 2. The Kier molecular flexibility index (Phi) is 8.16. The normalized spacial score (nSPS) is 14.7. The van der Waals surface area contributed by atoms with Crippen molar-refractivity contribution in [3.63, 3.8) is 0 Å². The lowest BCUT2D eigenvalue weighted by Crippen LogP contribution is -2.49. The zero-order valence-electron chi connectivity index (χ0n) is 18.4. The van der Waals surface area contributed by atoms with Gasteiger partial charge in [-0.3, -0.25) is 4.79 Å². The average Bonchev–Trinajstić information content (AvgIpc) is 2.82. The minimum absolute atomic E-state index is 0.319. The molecule has 3 rings (SSSR count). The third-order valence-electron chi connectivity index (χ3n) is 5.17. The van der Waals surface area contributed by atoms with Gasteiger partial charge >= 0.3 is 6.09 Å². The smallest absolute Gasteiger partial charge is 0.409 e. The third kappa shape index (κ3) is 5.42. The molecule has 2 heterocycles. The number of ether oxygens (including phenoxy) is 2. The number of hydrogen-bond donors (Lipinski definition) is 1. The lowest BCUT2D eigenvalue weighted by molar-refractivity contribution is -0.121. The highest BCUT2D eigenvalue weighted by molar-refractivity contribution is 5.88. The largest absolute Gasteiger partial charge is 0.450 e. The lowest BCUT2D eigenvalue weighted by Gasteiger charge is -2.35. The van der Waals surface area contributed by atoms with E-state index in [0.717, 1.165) is 0 Å². The highest BCUT2D eigenvalue weighted by atomic mass is 16.6. The summed E-state index contributed by atoms with van der Waals surface area (Å²) in [6, 6.07) is 9.44. The molecule has 1 atom stereocenters. The number of piperazine rings is 1. The van der Waals surface area contributed by atoms with Crippen molar-refractivity contribution in [1.29, 1.82) is 5.26 Å². The van der Waals surface area contributed by atoms with Crippen LogP contribution in [-0.2, 0) is 14.3 Å². The summed E-state index contributed by atoms with van der Waals surface area (Å²) >= 11 is 0. The van der Waals surface area contributed by atoms with E-state index in [1.165, 1.54) is 0 Å². The number of aromatic nitrogens is 2. The molecule has 1 aromatic carbocycles. The van der Waals surface area contributed by atoms with Crippen LogP contribution in [0.1, 0.15) is 25.0 Å². The summed E-state index contributed by atoms with van der Waals surface area (Å²) in [5, 5.41) is 12.6. The van der Waals surface area contributed by atoms with Crippen molar-refractivity contribution in [2.75, 3.05) is 57.9 Å². The van der Waals surface area contributed by atoms with Crippen LogP contribution < -0.4 is 10.2 Å². The zero-order chi connectivity index (χ0) is 22.9. The molecule has 0 aliphatic carbocycles. The van der Waals surface area contributed by atoms with Crippen LogP contribution in [0, 0.1) is 11.3 Å². The molecule has 170 valence electrons. The maximum absolute atomic E-state index is 12.8. The summed E-state index contributed by atoms with van der Waals surface area (Å²) in [5.41, 5.74) is 1.61. The molecule has 0 bridgehead atoms. The number of rotatable bonds is 8. The van der Waals surface area contributed by atoms with Gasteiger partial charge < -0.3 is 24.6 Å². The predicted molar refractivity (Wildman–Crippen MR) is 118 cm³/mol. The monoisotopic (exact) mass is 440 g/mol. The highest BCUT2D eigenvalue weighted by Gasteiger charge is 2.31. The number of fused-ring (bicyclic) bond motifs is 1. The molecule has 1 aliphatic rings. The molecule has 1 aliphatic heterocycles. The van der Waals surface area contributed by atoms with Crippen molar-refractivity contribution in [2.45, 2.75) is 19.3 Å². The molecule has 1 aromatic heterocycles. The van der Waals surface area contributed by atoms with Crippen molar-refractivity contribution < 1.29 is 19.1 Å². The molecular formula is C22H28N6O4. The Morgan fingerprint density at radius 1 is 1.19 bits per heavy atom. The number of nitrogens with zero attached hydrogens (tertiary/aromatic N) is 5. The topological polar surface area (TPSA) is 121 Å². The number of nitrogens with one attached hydrogen (secondary N) is 1. The minimum Gasteiger partial charge on any atom is -0.450 e. The number of amides is 2. The first-order valence-electron chi connectivity index (χ1n) is 10.7. The molecular weight excluding hydrogens is 412 g/mol. The predicted octanol–water partition coefficient (Wildman–Crippen LogP) is 1.67. The van der Waals surface area contributed by atoms with E-state index in [-0.39, 0.29) is 6.09 Å². The van der Waals surface area contributed by atoms with Gasteiger partial charge in [0.25, 0.3) is 0 Å². The first-order chi connectivity index (χ1) is 15.6. The second-order valence-electron chi connectivity index (χ2n) is 7.29. The number of anilines is 1. The molecule has 1 saturated heterocycles. The zero-order valence-corrected chi connectivity index (χ0v) is 18.4. The number of nitriles is 1. The van der Waals surface area contributed by atoms with Gasteiger partial charge in [0.1, 0.15) is 5.69 Å². The Labute approximate surface area is 187 Å². The Morgan fingerprint density at radius 2 is 1.88 bits per heavy atom. The first-order valence-corrected chi connectivity index (χ1v) is 10.7. The van der Waals surface area contributed by atoms with Crippen LogP contribution in [0.15, 0.2) is 24.3 Å². The van der Waals surface area contributed by atoms with Gasteiger partial charge in [-0.15, -0.1) is 0 Å². The van der Waals surface area contributed by atoms with Crippen LogP contribution in [0.25, 0.3) is 11.0 Å². The second kappa shape index (κ2) is 11.2. The van der Waals surface area contributed by atoms with E-state index in [9.17, 15) is 14.9 Å². The fraction of sp³-hybridized carbons (Fsp3) is 0.500. The van der Waals surface area contributed by atoms with E-state index in [2.05, 4.69) is 16.4 Å². The summed E-state index contributed by atoms with van der Waals surface area (Å²) in [4.78, 5) is 37.8. The van der Waals surface area contributed by atoms with Crippen molar-refractivity contribution in [3.05, 3.63) is 30.0 Å². The SMILES string of the molecule is CCOC(=O)N1CCN(c2nc3ccccc3nc2C(C#N)C(=O)NCCCOC)CC1. The molecule has 0 radical (unpaired) electrons. The first kappa shape index (κ1) is 23.2. The van der Waals surface area contributed by atoms with Crippen LogP contribution in [0.2, 0.25) is 0 Å². The summed E-state index contributed by atoms with van der Waals surface area (Å²) in [7, 11) is 1.60. The fourth-order valence-corrected chi connectivity index (χ4v) is 3.52. The molecule has 10 heteroatoms. The Morgan fingerprint density at radius 3 is 2.50 bits per heavy atom. The quantitative estimate of drug-likeness (QED) is 0.616. The summed E-state index contributed by atoms with van der Waals surface area (Å²) in [5.74, 6) is -1.03. The summed E-state index contributed by atoms with van der Waals surface area (Å²) < 4.78 is 10.1. The second-order valence-corrected chi connectivity index (χ2v) is 7.29. The lowest BCUT2D eigenvalue weighted by atomic mass is 10.0. The van der Waals surface area contributed by atoms with Crippen LogP contribution in [0.5, 0.6) is 0 Å². The molecule has 1 fully saturated rings. The van der Waals surface area contributed by atoms with E-state index in [1.807, 2.05) is 23.1 Å². The number of benzene rings is 1. The molecule has 0 spiro atoms. The van der Waals surface area contributed by atoms with Gasteiger partial charge in [-0.1, -0.05) is 12.1 Å². The standard InChI is InChI=1S/C22H28N6O4/c1-3-32-22(30)28-12-10-27(11-13-28)20-19(25-17-7-4-5-8-18(17)26-20)16(15-23)21(29)24-9-6-14-31-2/h4-5,7-8,16H,3,6,9-14H2,1-2H3,(H,24,29). The molecule has 1 unspecified atom stereocenters. The van der Waals surface area contributed by atoms with Gasteiger partial charge in [0.15, 0.2) is 11.7 Å². The minimum atomic E-state index is -1.10. The molecule has 1 N–H and O–H groups in total. The number of para-hydroxylation sites is 2. The maximum Gasteiger partial charge on any atom is 0.409 e. The van der Waals surface area contributed by atoms with Crippen LogP contribution in [0.4, 0.5) is 10.6 Å². The van der Waals surface area contributed by atoms with Crippen LogP contribution >= 0.6 is 0 Å². The fourth-order valence-electron chi connectivity index (χ4n) is 3.52. The van der Waals surface area contributed by atoms with Gasteiger partial charge in [-0.2, -0.15) is 5.26 Å². The molecule has 10 nitrogen and oxygen atoms in total. The van der Waals surface area contributed by atoms with Crippen LogP contribution in [0.3, 0.4) is 0 Å². The third-order valence-corrected chi connectivity index (χ3v) is 5.17. The van der Waals surface area contributed by atoms with E-state index in [4.69, 9.17) is 14.5 Å². The molecule has 0 saturated carbocycles. The highest BCUT2D eigenvalue weighted by Crippen LogP contribution is 2.28. The van der Waals surface area contributed by atoms with Gasteiger partial charge in [-0.25, -0.2) is 14.8 Å². The van der Waals surface area contributed by atoms with Crippen molar-refractivity contribution in [3.8, 4) is 6.07 Å². The van der Waals surface area contributed by atoms with Gasteiger partial charge in [0.05, 0.1) is 23.7 Å². The van der Waals surface area contributed by atoms with Crippen molar-refractivity contribution >= 4 is 28.9 Å². The number of methoxy groups -OCH3 is 1. The van der Waals surface area contributed by atoms with Crippen molar-refractivity contribution in [2.24, 2.45) is 0 Å². The van der Waals surface area contributed by atoms with Crippen molar-refractivity contribution in [1.82, 2.24) is 20.2 Å². The molecule has 2 aromatic rings. The average molecular weight is 441 g/mol. The summed E-state index contributed by atoms with van der Waals surface area (Å²) in [6.45, 7) is 4.90. The molecule has 32 heavy (non-hydrogen) atoms. The summed E-state index contributed by atoms with van der Waals surface area (Å²) in [6.07, 6.45) is 0.300. The maximum atomic E-state index is 12.8. The van der Waals surface area contributed by atoms with Crippen LogP contribution in [-0.4, -0.2) is 79.9 Å². The Balaban J connectivity index is 1.87. The van der Waals surface area contributed by atoms with Gasteiger partial charge in [0, 0.05) is 46.4 Å². The number of carbonyl (C=O) groups excluding carboxylic acids is 2.